The van der Waals surface area contributed by atoms with Crippen molar-refractivity contribution in [2.24, 2.45) is 11.7 Å². The molecule has 4 heteroatoms. The highest BCUT2D eigenvalue weighted by molar-refractivity contribution is 6.30. The van der Waals surface area contributed by atoms with Crippen LogP contribution < -0.4 is 5.73 Å². The lowest BCUT2D eigenvalue weighted by molar-refractivity contribution is 0.0995. The lowest BCUT2D eigenvalue weighted by Crippen LogP contribution is -2.36. The Morgan fingerprint density at radius 1 is 1.59 bits per heavy atom. The fourth-order valence-corrected chi connectivity index (χ4v) is 2.60. The van der Waals surface area contributed by atoms with E-state index >= 15 is 0 Å². The van der Waals surface area contributed by atoms with Crippen molar-refractivity contribution in [2.75, 3.05) is 6.61 Å². The van der Waals surface area contributed by atoms with Crippen LogP contribution in [0.25, 0.3) is 0 Å². The van der Waals surface area contributed by atoms with Crippen molar-refractivity contribution in [3.63, 3.8) is 0 Å². The first-order valence-corrected chi connectivity index (χ1v) is 6.27. The Labute approximate surface area is 106 Å². The molecule has 0 amide bonds. The number of rotatable bonds is 3. The standard InChI is InChI=1S/C13H17ClFNO/c1-8-10(4-5-17-8)13(16)7-9-2-3-12(15)11(14)6-9/h2-3,6,8,10,13H,4-5,7,16H2,1H3. The van der Waals surface area contributed by atoms with Crippen molar-refractivity contribution >= 4 is 11.6 Å². The topological polar surface area (TPSA) is 35.2 Å². The van der Waals surface area contributed by atoms with Gasteiger partial charge in [-0.05, 0) is 37.5 Å². The second-order valence-corrected chi connectivity index (χ2v) is 5.05. The van der Waals surface area contributed by atoms with Crippen LogP contribution in [0.15, 0.2) is 18.2 Å². The molecule has 2 N–H and O–H groups in total. The molecule has 2 nitrogen and oxygen atoms in total. The molecule has 1 fully saturated rings. The maximum atomic E-state index is 13.0. The summed E-state index contributed by atoms with van der Waals surface area (Å²) in [5, 5.41) is 0.158. The van der Waals surface area contributed by atoms with Gasteiger partial charge in [-0.2, -0.15) is 0 Å². The van der Waals surface area contributed by atoms with E-state index in [1.807, 2.05) is 0 Å². The summed E-state index contributed by atoms with van der Waals surface area (Å²) in [7, 11) is 0. The van der Waals surface area contributed by atoms with E-state index in [-0.39, 0.29) is 23.0 Å². The predicted molar refractivity (Wildman–Crippen MR) is 66.6 cm³/mol. The zero-order valence-electron chi connectivity index (χ0n) is 9.83. The molecule has 1 aromatic rings. The molecule has 3 atom stereocenters. The van der Waals surface area contributed by atoms with Crippen molar-refractivity contribution in [3.05, 3.63) is 34.6 Å². The summed E-state index contributed by atoms with van der Waals surface area (Å²) in [5.41, 5.74) is 7.15. The average molecular weight is 258 g/mol. The minimum atomic E-state index is -0.387. The van der Waals surface area contributed by atoms with Gasteiger partial charge in [0.05, 0.1) is 11.1 Å². The molecule has 0 radical (unpaired) electrons. The van der Waals surface area contributed by atoms with Gasteiger partial charge in [0.25, 0.3) is 0 Å². The summed E-state index contributed by atoms with van der Waals surface area (Å²) in [6.07, 6.45) is 1.91. The van der Waals surface area contributed by atoms with E-state index in [1.54, 1.807) is 12.1 Å². The number of hydrogen-bond donors (Lipinski definition) is 1. The maximum absolute atomic E-state index is 13.0. The molecule has 1 aliphatic heterocycles. The third-order valence-electron chi connectivity index (χ3n) is 3.44. The van der Waals surface area contributed by atoms with Gasteiger partial charge in [0.15, 0.2) is 0 Å². The van der Waals surface area contributed by atoms with Crippen molar-refractivity contribution in [2.45, 2.75) is 31.9 Å². The molecule has 0 saturated carbocycles. The minimum Gasteiger partial charge on any atom is -0.378 e. The van der Waals surface area contributed by atoms with Crippen LogP contribution in [0.3, 0.4) is 0 Å². The molecule has 0 bridgehead atoms. The lowest BCUT2D eigenvalue weighted by Gasteiger charge is -2.22. The van der Waals surface area contributed by atoms with E-state index in [0.717, 1.165) is 18.6 Å². The van der Waals surface area contributed by atoms with Crippen LogP contribution in [0.4, 0.5) is 4.39 Å². The molecule has 0 aromatic heterocycles. The van der Waals surface area contributed by atoms with Crippen molar-refractivity contribution in [1.29, 1.82) is 0 Å². The molecule has 0 aliphatic carbocycles. The monoisotopic (exact) mass is 257 g/mol. The lowest BCUT2D eigenvalue weighted by atomic mass is 9.89. The van der Waals surface area contributed by atoms with E-state index in [9.17, 15) is 4.39 Å². The summed E-state index contributed by atoms with van der Waals surface area (Å²) >= 11 is 5.75. The molecule has 3 unspecified atom stereocenters. The summed E-state index contributed by atoms with van der Waals surface area (Å²) in [4.78, 5) is 0. The van der Waals surface area contributed by atoms with E-state index in [1.165, 1.54) is 6.07 Å². The van der Waals surface area contributed by atoms with Crippen LogP contribution >= 0.6 is 11.6 Å². The van der Waals surface area contributed by atoms with Gasteiger partial charge in [-0.15, -0.1) is 0 Å². The third kappa shape index (κ3) is 2.97. The Hall–Kier alpha value is -0.640. The Bertz CT molecular complexity index is 399. The van der Waals surface area contributed by atoms with Crippen LogP contribution in [0.5, 0.6) is 0 Å². The molecule has 94 valence electrons. The number of hydrogen-bond acceptors (Lipinski definition) is 2. The van der Waals surface area contributed by atoms with Crippen LogP contribution in [-0.2, 0) is 11.2 Å². The van der Waals surface area contributed by atoms with Crippen molar-refractivity contribution in [3.8, 4) is 0 Å². The van der Waals surface area contributed by atoms with Gasteiger partial charge in [0, 0.05) is 18.6 Å². The normalized spacial score (nSPS) is 26.1. The number of ether oxygens (including phenoxy) is 1. The smallest absolute Gasteiger partial charge is 0.141 e. The Morgan fingerprint density at radius 3 is 2.94 bits per heavy atom. The molecule has 17 heavy (non-hydrogen) atoms. The van der Waals surface area contributed by atoms with Crippen LogP contribution in [0.1, 0.15) is 18.9 Å². The van der Waals surface area contributed by atoms with Gasteiger partial charge < -0.3 is 10.5 Å². The van der Waals surface area contributed by atoms with Gasteiger partial charge in [0.1, 0.15) is 5.82 Å². The Morgan fingerprint density at radius 2 is 2.35 bits per heavy atom. The van der Waals surface area contributed by atoms with Crippen LogP contribution in [0, 0.1) is 11.7 Å². The van der Waals surface area contributed by atoms with Gasteiger partial charge in [-0.3, -0.25) is 0 Å². The first-order valence-electron chi connectivity index (χ1n) is 5.89. The van der Waals surface area contributed by atoms with Crippen molar-refractivity contribution < 1.29 is 9.13 Å². The molecule has 1 aromatic carbocycles. The number of nitrogens with two attached hydrogens (primary N) is 1. The second kappa shape index (κ2) is 5.34. The van der Waals surface area contributed by atoms with Gasteiger partial charge in [0.2, 0.25) is 0 Å². The highest BCUT2D eigenvalue weighted by atomic mass is 35.5. The number of halogens is 2. The zero-order valence-corrected chi connectivity index (χ0v) is 10.6. The number of benzene rings is 1. The zero-order chi connectivity index (χ0) is 12.4. The summed E-state index contributed by atoms with van der Waals surface area (Å²) in [6, 6.07) is 4.81. The molecule has 1 aliphatic rings. The van der Waals surface area contributed by atoms with Gasteiger partial charge in [-0.1, -0.05) is 17.7 Å². The first kappa shape index (κ1) is 12.8. The maximum Gasteiger partial charge on any atom is 0.141 e. The summed E-state index contributed by atoms with van der Waals surface area (Å²) in [6.45, 7) is 2.83. The third-order valence-corrected chi connectivity index (χ3v) is 3.73. The molecule has 2 rings (SSSR count). The van der Waals surface area contributed by atoms with Crippen LogP contribution in [0.2, 0.25) is 5.02 Å². The molecular formula is C13H17ClFNO. The van der Waals surface area contributed by atoms with Gasteiger partial charge >= 0.3 is 0 Å². The molecular weight excluding hydrogens is 241 g/mol. The average Bonchev–Trinajstić information content (AvgIpc) is 2.70. The Kier molecular flexibility index (Phi) is 4.02. The van der Waals surface area contributed by atoms with Gasteiger partial charge in [-0.25, -0.2) is 4.39 Å². The molecule has 1 heterocycles. The minimum absolute atomic E-state index is 0.0361. The predicted octanol–water partition coefficient (Wildman–Crippen LogP) is 2.77. The SMILES string of the molecule is CC1OCCC1C(N)Cc1ccc(F)c(Cl)c1. The summed E-state index contributed by atoms with van der Waals surface area (Å²) < 4.78 is 18.5. The summed E-state index contributed by atoms with van der Waals surface area (Å²) in [5.74, 6) is -0.0135. The van der Waals surface area contributed by atoms with E-state index < -0.39 is 0 Å². The molecule has 0 spiro atoms. The quantitative estimate of drug-likeness (QED) is 0.904. The van der Waals surface area contributed by atoms with Crippen molar-refractivity contribution in [1.82, 2.24) is 0 Å². The Balaban J connectivity index is 2.02. The second-order valence-electron chi connectivity index (χ2n) is 4.64. The highest BCUT2D eigenvalue weighted by Gasteiger charge is 2.29. The first-order chi connectivity index (χ1) is 8.08. The fourth-order valence-electron chi connectivity index (χ4n) is 2.40. The van der Waals surface area contributed by atoms with E-state index in [2.05, 4.69) is 6.92 Å². The van der Waals surface area contributed by atoms with E-state index in [4.69, 9.17) is 22.1 Å². The van der Waals surface area contributed by atoms with Crippen LogP contribution in [-0.4, -0.2) is 18.8 Å². The largest absolute Gasteiger partial charge is 0.378 e. The fraction of sp³-hybridized carbons (Fsp3) is 0.538. The van der Waals surface area contributed by atoms with E-state index in [0.29, 0.717) is 12.3 Å². The highest BCUT2D eigenvalue weighted by Crippen LogP contribution is 2.25. The molecule has 1 saturated heterocycles.